The molecule has 5 nitrogen and oxygen atoms in total. The lowest BCUT2D eigenvalue weighted by atomic mass is 10.1. The van der Waals surface area contributed by atoms with Gasteiger partial charge in [-0.3, -0.25) is 4.79 Å². The van der Waals surface area contributed by atoms with E-state index in [1.807, 2.05) is 23.9 Å². The predicted octanol–water partition coefficient (Wildman–Crippen LogP) is 3.88. The van der Waals surface area contributed by atoms with Crippen LogP contribution in [0.15, 0.2) is 42.9 Å². The number of para-hydroxylation sites is 1. The van der Waals surface area contributed by atoms with Crippen LogP contribution in [0.1, 0.15) is 50.0 Å². The van der Waals surface area contributed by atoms with Gasteiger partial charge in [0.1, 0.15) is 5.82 Å². The molecule has 0 aliphatic carbocycles. The van der Waals surface area contributed by atoms with Crippen molar-refractivity contribution in [2.75, 3.05) is 0 Å². The second-order valence-electron chi connectivity index (χ2n) is 6.52. The Morgan fingerprint density at radius 3 is 2.96 bits per heavy atom. The Labute approximate surface area is 148 Å². The highest BCUT2D eigenvalue weighted by Crippen LogP contribution is 2.20. The van der Waals surface area contributed by atoms with E-state index in [9.17, 15) is 4.79 Å². The van der Waals surface area contributed by atoms with Gasteiger partial charge in [0.05, 0.1) is 6.04 Å². The molecule has 25 heavy (non-hydrogen) atoms. The summed E-state index contributed by atoms with van der Waals surface area (Å²) in [5, 5.41) is 4.40. The zero-order valence-electron chi connectivity index (χ0n) is 15.0. The summed E-state index contributed by atoms with van der Waals surface area (Å²) in [6, 6.07) is 8.27. The number of aromatic nitrogens is 3. The van der Waals surface area contributed by atoms with Crippen molar-refractivity contribution in [3.63, 3.8) is 0 Å². The van der Waals surface area contributed by atoms with Gasteiger partial charge in [0.15, 0.2) is 0 Å². The minimum absolute atomic E-state index is 0.00871. The van der Waals surface area contributed by atoms with E-state index in [1.54, 1.807) is 6.20 Å². The number of aromatic amines is 1. The molecule has 1 atom stereocenters. The van der Waals surface area contributed by atoms with Gasteiger partial charge in [0, 0.05) is 43.0 Å². The van der Waals surface area contributed by atoms with Crippen molar-refractivity contribution in [3.05, 3.63) is 54.2 Å². The first-order valence-corrected chi connectivity index (χ1v) is 9.00. The van der Waals surface area contributed by atoms with E-state index in [-0.39, 0.29) is 11.9 Å². The zero-order chi connectivity index (χ0) is 17.6. The quantitative estimate of drug-likeness (QED) is 0.655. The molecule has 2 heterocycles. The molecule has 0 bridgehead atoms. The average molecular weight is 338 g/mol. The van der Waals surface area contributed by atoms with Crippen LogP contribution in [0.25, 0.3) is 10.9 Å². The van der Waals surface area contributed by atoms with Crippen LogP contribution in [0.2, 0.25) is 0 Å². The lowest BCUT2D eigenvalue weighted by Gasteiger charge is -2.18. The van der Waals surface area contributed by atoms with Gasteiger partial charge in [-0.1, -0.05) is 31.5 Å². The highest BCUT2D eigenvalue weighted by atomic mass is 16.1. The van der Waals surface area contributed by atoms with Crippen molar-refractivity contribution >= 4 is 16.8 Å². The number of carbonyl (C=O) groups is 1. The van der Waals surface area contributed by atoms with Crippen molar-refractivity contribution in [2.24, 2.45) is 7.05 Å². The lowest BCUT2D eigenvalue weighted by Crippen LogP contribution is -2.30. The van der Waals surface area contributed by atoms with Gasteiger partial charge in [0.25, 0.3) is 0 Å². The molecule has 0 aliphatic heterocycles. The van der Waals surface area contributed by atoms with Gasteiger partial charge in [-0.05, 0) is 30.9 Å². The van der Waals surface area contributed by atoms with E-state index >= 15 is 0 Å². The number of amides is 1. The zero-order valence-corrected chi connectivity index (χ0v) is 15.0. The van der Waals surface area contributed by atoms with Crippen LogP contribution in [0.5, 0.6) is 0 Å². The van der Waals surface area contributed by atoms with Gasteiger partial charge in [-0.25, -0.2) is 4.98 Å². The van der Waals surface area contributed by atoms with Crippen molar-refractivity contribution in [1.29, 1.82) is 0 Å². The van der Waals surface area contributed by atoms with Crippen molar-refractivity contribution in [1.82, 2.24) is 19.9 Å². The molecule has 2 N–H and O–H groups in total. The number of aryl methyl sites for hydroxylation is 2. The minimum Gasteiger partial charge on any atom is -0.361 e. The maximum Gasteiger partial charge on any atom is 0.220 e. The van der Waals surface area contributed by atoms with E-state index in [0.717, 1.165) is 37.0 Å². The Hall–Kier alpha value is -2.56. The Bertz CT molecular complexity index is 833. The van der Waals surface area contributed by atoms with E-state index in [0.29, 0.717) is 6.42 Å². The predicted molar refractivity (Wildman–Crippen MR) is 100 cm³/mol. The Morgan fingerprint density at radius 2 is 2.20 bits per heavy atom. The van der Waals surface area contributed by atoms with Crippen LogP contribution in [-0.4, -0.2) is 20.4 Å². The van der Waals surface area contributed by atoms with Gasteiger partial charge in [-0.15, -0.1) is 0 Å². The smallest absolute Gasteiger partial charge is 0.220 e. The summed E-state index contributed by atoms with van der Waals surface area (Å²) in [6.45, 7) is 2.12. The van der Waals surface area contributed by atoms with Gasteiger partial charge >= 0.3 is 0 Å². The molecule has 0 aliphatic rings. The summed E-state index contributed by atoms with van der Waals surface area (Å²) in [7, 11) is 1.97. The minimum atomic E-state index is -0.00871. The van der Waals surface area contributed by atoms with Gasteiger partial charge < -0.3 is 14.9 Å². The van der Waals surface area contributed by atoms with Crippen molar-refractivity contribution < 1.29 is 4.79 Å². The molecule has 3 rings (SSSR count). The largest absolute Gasteiger partial charge is 0.361 e. The van der Waals surface area contributed by atoms with Crippen LogP contribution >= 0.6 is 0 Å². The fourth-order valence-electron chi connectivity index (χ4n) is 3.31. The number of carbonyl (C=O) groups excluding carboxylic acids is 1. The highest BCUT2D eigenvalue weighted by Gasteiger charge is 2.17. The van der Waals surface area contributed by atoms with Crippen molar-refractivity contribution in [3.8, 4) is 0 Å². The van der Waals surface area contributed by atoms with Gasteiger partial charge in [-0.2, -0.15) is 0 Å². The summed E-state index contributed by atoms with van der Waals surface area (Å²) < 4.78 is 1.98. The number of rotatable bonds is 8. The van der Waals surface area contributed by atoms with E-state index in [2.05, 4.69) is 46.6 Å². The molecule has 0 saturated carbocycles. The number of nitrogens with one attached hydrogen (secondary N) is 2. The standard InChI is InChI=1S/C20H26N4O/c1-3-7-18(20-21-12-13-24(20)2)23-19(25)11-6-8-15-14-22-17-10-5-4-9-16(15)17/h4-5,9-10,12-14,18,22H,3,6-8,11H2,1-2H3,(H,23,25). The molecule has 1 unspecified atom stereocenters. The monoisotopic (exact) mass is 338 g/mol. The third kappa shape index (κ3) is 4.10. The van der Waals surface area contributed by atoms with Crippen LogP contribution in [-0.2, 0) is 18.3 Å². The van der Waals surface area contributed by atoms with Gasteiger partial charge in [0.2, 0.25) is 5.91 Å². The van der Waals surface area contributed by atoms with Crippen molar-refractivity contribution in [2.45, 2.75) is 45.1 Å². The molecule has 5 heteroatoms. The maximum atomic E-state index is 12.4. The van der Waals surface area contributed by atoms with E-state index < -0.39 is 0 Å². The SMILES string of the molecule is CCCC(NC(=O)CCCc1c[nH]c2ccccc12)c1nccn1C. The maximum absolute atomic E-state index is 12.4. The molecule has 1 aromatic carbocycles. The number of benzene rings is 1. The number of fused-ring (bicyclic) bond motifs is 1. The molecule has 3 aromatic rings. The fourth-order valence-corrected chi connectivity index (χ4v) is 3.31. The summed E-state index contributed by atoms with van der Waals surface area (Å²) in [5.41, 5.74) is 2.43. The highest BCUT2D eigenvalue weighted by molar-refractivity contribution is 5.83. The van der Waals surface area contributed by atoms with Crippen LogP contribution < -0.4 is 5.32 Å². The lowest BCUT2D eigenvalue weighted by molar-refractivity contribution is -0.122. The molecule has 0 radical (unpaired) electrons. The molecule has 1 amide bonds. The normalized spacial score (nSPS) is 12.4. The molecular weight excluding hydrogens is 312 g/mol. The second kappa shape index (κ2) is 8.01. The number of imidazole rings is 1. The molecular formula is C20H26N4O. The Kier molecular flexibility index (Phi) is 5.53. The summed E-state index contributed by atoms with van der Waals surface area (Å²) in [5.74, 6) is 1.02. The Balaban J connectivity index is 1.54. The molecule has 0 saturated heterocycles. The van der Waals surface area contributed by atoms with Crippen LogP contribution in [0.3, 0.4) is 0 Å². The summed E-state index contributed by atoms with van der Waals surface area (Å²) in [6.07, 6.45) is 9.93. The Morgan fingerprint density at radius 1 is 1.36 bits per heavy atom. The molecule has 2 aromatic heterocycles. The first kappa shape index (κ1) is 17.3. The fraction of sp³-hybridized carbons (Fsp3) is 0.400. The third-order valence-corrected chi connectivity index (χ3v) is 4.61. The number of nitrogens with zero attached hydrogens (tertiary/aromatic N) is 2. The molecule has 0 spiro atoms. The third-order valence-electron chi connectivity index (χ3n) is 4.61. The average Bonchev–Trinajstić information content (AvgIpc) is 3.21. The topological polar surface area (TPSA) is 62.7 Å². The van der Waals surface area contributed by atoms with E-state index in [1.165, 1.54) is 10.9 Å². The first-order chi connectivity index (χ1) is 12.2. The second-order valence-corrected chi connectivity index (χ2v) is 6.52. The number of hydrogen-bond acceptors (Lipinski definition) is 2. The number of hydrogen-bond donors (Lipinski definition) is 2. The van der Waals surface area contributed by atoms with Crippen LogP contribution in [0, 0.1) is 0 Å². The summed E-state index contributed by atoms with van der Waals surface area (Å²) in [4.78, 5) is 20.0. The van der Waals surface area contributed by atoms with Crippen LogP contribution in [0.4, 0.5) is 0 Å². The number of H-pyrrole nitrogens is 1. The van der Waals surface area contributed by atoms with E-state index in [4.69, 9.17) is 0 Å². The molecule has 132 valence electrons. The summed E-state index contributed by atoms with van der Waals surface area (Å²) >= 11 is 0. The first-order valence-electron chi connectivity index (χ1n) is 9.00. The molecule has 0 fully saturated rings.